The maximum absolute atomic E-state index is 12.0. The summed E-state index contributed by atoms with van der Waals surface area (Å²) in [6.07, 6.45) is 2.68. The molecule has 1 aromatic carbocycles. The number of aliphatic hydroxyl groups excluding tert-OH is 1. The first-order valence-corrected chi connectivity index (χ1v) is 7.28. The van der Waals surface area contributed by atoms with Gasteiger partial charge < -0.3 is 15.2 Å². The number of hydrogen-bond donors (Lipinski definition) is 2. The lowest BCUT2D eigenvalue weighted by Crippen LogP contribution is -2.28. The lowest BCUT2D eigenvalue weighted by atomic mass is 10.1. The molecule has 21 heavy (non-hydrogen) atoms. The molecule has 1 unspecified atom stereocenters. The minimum atomic E-state index is -0.118. The van der Waals surface area contributed by atoms with Gasteiger partial charge >= 0.3 is 0 Å². The van der Waals surface area contributed by atoms with Gasteiger partial charge in [0.15, 0.2) is 0 Å². The van der Waals surface area contributed by atoms with Crippen LogP contribution in [0.3, 0.4) is 0 Å². The van der Waals surface area contributed by atoms with Crippen molar-refractivity contribution < 1.29 is 14.6 Å². The Morgan fingerprint density at radius 3 is 2.86 bits per heavy atom. The molecule has 1 amide bonds. The zero-order valence-electron chi connectivity index (χ0n) is 13.1. The van der Waals surface area contributed by atoms with Crippen molar-refractivity contribution in [3.8, 4) is 5.75 Å². The molecule has 4 nitrogen and oxygen atoms in total. The van der Waals surface area contributed by atoms with Crippen molar-refractivity contribution in [2.75, 3.05) is 19.8 Å². The van der Waals surface area contributed by atoms with Gasteiger partial charge in [-0.05, 0) is 50.5 Å². The highest BCUT2D eigenvalue weighted by atomic mass is 16.5. The third kappa shape index (κ3) is 6.95. The Labute approximate surface area is 126 Å². The van der Waals surface area contributed by atoms with Gasteiger partial charge in [0, 0.05) is 18.7 Å². The van der Waals surface area contributed by atoms with E-state index in [9.17, 15) is 4.79 Å². The molecule has 0 fully saturated rings. The Morgan fingerprint density at radius 1 is 1.43 bits per heavy atom. The van der Waals surface area contributed by atoms with Crippen LogP contribution in [-0.2, 0) is 0 Å². The van der Waals surface area contributed by atoms with Crippen LogP contribution >= 0.6 is 0 Å². The highest BCUT2D eigenvalue weighted by molar-refractivity contribution is 5.94. The number of allylic oxidation sites excluding steroid dienone is 1. The van der Waals surface area contributed by atoms with Gasteiger partial charge in [-0.1, -0.05) is 18.6 Å². The minimum absolute atomic E-state index is 0.118. The Hall–Kier alpha value is -1.81. The van der Waals surface area contributed by atoms with E-state index >= 15 is 0 Å². The normalized spacial score (nSPS) is 11.6. The van der Waals surface area contributed by atoms with E-state index in [0.717, 1.165) is 0 Å². The molecule has 0 aromatic heterocycles. The predicted octanol–water partition coefficient (Wildman–Crippen LogP) is 2.78. The van der Waals surface area contributed by atoms with Crippen LogP contribution in [0.15, 0.2) is 35.9 Å². The molecule has 1 aromatic rings. The number of nitrogens with one attached hydrogen (secondary N) is 1. The fourth-order valence-electron chi connectivity index (χ4n) is 1.72. The summed E-state index contributed by atoms with van der Waals surface area (Å²) in [6, 6.07) is 7.15. The van der Waals surface area contributed by atoms with Gasteiger partial charge in [0.2, 0.25) is 0 Å². The van der Waals surface area contributed by atoms with Gasteiger partial charge in [0.25, 0.3) is 5.91 Å². The van der Waals surface area contributed by atoms with E-state index in [1.165, 1.54) is 5.57 Å². The average Bonchev–Trinajstić information content (AvgIpc) is 2.45. The monoisotopic (exact) mass is 291 g/mol. The summed E-state index contributed by atoms with van der Waals surface area (Å²) in [4.78, 5) is 12.0. The van der Waals surface area contributed by atoms with Crippen molar-refractivity contribution in [3.05, 3.63) is 41.5 Å². The molecular weight excluding hydrogens is 266 g/mol. The van der Waals surface area contributed by atoms with Crippen LogP contribution in [-0.4, -0.2) is 30.8 Å². The van der Waals surface area contributed by atoms with E-state index in [4.69, 9.17) is 9.84 Å². The zero-order chi connectivity index (χ0) is 15.7. The Morgan fingerprint density at radius 2 is 2.19 bits per heavy atom. The molecule has 0 saturated heterocycles. The summed E-state index contributed by atoms with van der Waals surface area (Å²) >= 11 is 0. The number of carbonyl (C=O) groups excluding carboxylic acids is 1. The van der Waals surface area contributed by atoms with Crippen LogP contribution in [0.25, 0.3) is 0 Å². The van der Waals surface area contributed by atoms with Crippen LogP contribution in [0.1, 0.15) is 37.6 Å². The number of benzene rings is 1. The molecule has 0 heterocycles. The predicted molar refractivity (Wildman–Crippen MR) is 84.6 cm³/mol. The number of hydrogen-bond acceptors (Lipinski definition) is 3. The van der Waals surface area contributed by atoms with Crippen LogP contribution < -0.4 is 10.1 Å². The van der Waals surface area contributed by atoms with Crippen molar-refractivity contribution in [2.45, 2.75) is 27.2 Å². The summed E-state index contributed by atoms with van der Waals surface area (Å²) in [7, 11) is 0. The highest BCUT2D eigenvalue weighted by Crippen LogP contribution is 2.13. The van der Waals surface area contributed by atoms with Crippen molar-refractivity contribution >= 4 is 5.91 Å². The number of aliphatic hydroxyl groups is 1. The lowest BCUT2D eigenvalue weighted by Gasteiger charge is -2.11. The number of rotatable bonds is 8. The smallest absolute Gasteiger partial charge is 0.251 e. The Balaban J connectivity index is 2.54. The molecule has 0 aliphatic carbocycles. The van der Waals surface area contributed by atoms with Crippen LogP contribution in [0.2, 0.25) is 0 Å². The van der Waals surface area contributed by atoms with Crippen molar-refractivity contribution in [3.63, 3.8) is 0 Å². The first-order valence-electron chi connectivity index (χ1n) is 7.28. The first kappa shape index (κ1) is 17.2. The number of carbonyl (C=O) groups is 1. The fourth-order valence-corrected chi connectivity index (χ4v) is 1.72. The third-order valence-corrected chi connectivity index (χ3v) is 3.07. The quantitative estimate of drug-likeness (QED) is 0.724. The first-order chi connectivity index (χ1) is 10.0. The molecule has 0 radical (unpaired) electrons. The second kappa shape index (κ2) is 9.19. The van der Waals surface area contributed by atoms with Gasteiger partial charge in [-0.25, -0.2) is 0 Å². The average molecular weight is 291 g/mol. The molecule has 4 heteroatoms. The van der Waals surface area contributed by atoms with Crippen molar-refractivity contribution in [1.29, 1.82) is 0 Å². The molecule has 0 spiro atoms. The van der Waals surface area contributed by atoms with E-state index in [1.807, 2.05) is 39.0 Å². The lowest BCUT2D eigenvalue weighted by molar-refractivity contribution is 0.0945. The second-order valence-electron chi connectivity index (χ2n) is 5.45. The van der Waals surface area contributed by atoms with E-state index in [1.54, 1.807) is 12.1 Å². The van der Waals surface area contributed by atoms with Gasteiger partial charge in [0.1, 0.15) is 12.4 Å². The maximum atomic E-state index is 12.0. The third-order valence-electron chi connectivity index (χ3n) is 3.07. The fraction of sp³-hybridized carbons (Fsp3) is 0.471. The Bertz CT molecular complexity index is 479. The molecule has 1 atom stereocenters. The topological polar surface area (TPSA) is 58.6 Å². The summed E-state index contributed by atoms with van der Waals surface area (Å²) in [5, 5.41) is 11.7. The number of amides is 1. The van der Waals surface area contributed by atoms with E-state index in [2.05, 4.69) is 5.32 Å². The second-order valence-corrected chi connectivity index (χ2v) is 5.45. The van der Waals surface area contributed by atoms with Gasteiger partial charge in [-0.2, -0.15) is 0 Å². The zero-order valence-corrected chi connectivity index (χ0v) is 13.1. The molecule has 116 valence electrons. The molecular formula is C17H25NO3. The summed E-state index contributed by atoms with van der Waals surface area (Å²) in [5.41, 5.74) is 1.78. The summed E-state index contributed by atoms with van der Waals surface area (Å²) in [5.74, 6) is 0.826. The standard InChI is InChI=1S/C17H25NO3/c1-13(2)8-10-21-16-6-4-5-15(11-16)17(20)18-12-14(3)7-9-19/h4-6,8,11,14,19H,7,9-10,12H2,1-3H3,(H,18,20). The summed E-state index contributed by atoms with van der Waals surface area (Å²) < 4.78 is 5.58. The van der Waals surface area contributed by atoms with E-state index in [-0.39, 0.29) is 18.4 Å². The number of ether oxygens (including phenoxy) is 1. The van der Waals surface area contributed by atoms with Crippen molar-refractivity contribution in [2.24, 2.45) is 5.92 Å². The SMILES string of the molecule is CC(C)=CCOc1cccc(C(=O)NCC(C)CCO)c1. The molecule has 0 aliphatic heterocycles. The van der Waals surface area contributed by atoms with E-state index in [0.29, 0.717) is 30.9 Å². The van der Waals surface area contributed by atoms with Gasteiger partial charge in [0.05, 0.1) is 0 Å². The highest BCUT2D eigenvalue weighted by Gasteiger charge is 2.08. The van der Waals surface area contributed by atoms with Crippen LogP contribution in [0.4, 0.5) is 0 Å². The Kier molecular flexibility index (Phi) is 7.54. The molecule has 0 bridgehead atoms. The molecule has 0 aliphatic rings. The minimum Gasteiger partial charge on any atom is -0.490 e. The van der Waals surface area contributed by atoms with Crippen LogP contribution in [0.5, 0.6) is 5.75 Å². The molecule has 1 rings (SSSR count). The van der Waals surface area contributed by atoms with Gasteiger partial charge in [-0.3, -0.25) is 4.79 Å². The maximum Gasteiger partial charge on any atom is 0.251 e. The van der Waals surface area contributed by atoms with Crippen molar-refractivity contribution in [1.82, 2.24) is 5.32 Å². The van der Waals surface area contributed by atoms with Gasteiger partial charge in [-0.15, -0.1) is 0 Å². The molecule has 0 saturated carbocycles. The van der Waals surface area contributed by atoms with Crippen LogP contribution in [0, 0.1) is 5.92 Å². The van der Waals surface area contributed by atoms with E-state index < -0.39 is 0 Å². The largest absolute Gasteiger partial charge is 0.490 e. The molecule has 2 N–H and O–H groups in total. The summed E-state index contributed by atoms with van der Waals surface area (Å²) in [6.45, 7) is 7.23.